The molecule has 0 radical (unpaired) electrons. The number of hydrogen-bond acceptors (Lipinski definition) is 5. The lowest BCUT2D eigenvalue weighted by atomic mass is 10.1. The average molecular weight is 481 g/mol. The van der Waals surface area contributed by atoms with Gasteiger partial charge in [-0.05, 0) is 29.3 Å². The van der Waals surface area contributed by atoms with Crippen LogP contribution in [-0.2, 0) is 38.9 Å². The molecule has 0 aromatic heterocycles. The molecule has 176 valence electrons. The topological polar surface area (TPSA) is 79.3 Å². The maximum Gasteiger partial charge on any atom is 0.416 e. The number of piperidine rings is 1. The third-order valence-corrected chi connectivity index (χ3v) is 7.57. The number of rotatable bonds is 5. The maximum atomic E-state index is 12.9. The third kappa shape index (κ3) is 5.19. The van der Waals surface area contributed by atoms with Gasteiger partial charge in [0, 0.05) is 39.0 Å². The number of benzene rings is 2. The van der Waals surface area contributed by atoms with Crippen molar-refractivity contribution >= 4 is 21.6 Å². The highest BCUT2D eigenvalue weighted by molar-refractivity contribution is 7.89. The summed E-state index contributed by atoms with van der Waals surface area (Å²) in [7, 11) is -4.06. The van der Waals surface area contributed by atoms with Crippen molar-refractivity contribution in [2.45, 2.75) is 37.0 Å². The second-order valence-corrected chi connectivity index (χ2v) is 9.82. The van der Waals surface area contributed by atoms with Gasteiger partial charge in [-0.15, -0.1) is 0 Å². The summed E-state index contributed by atoms with van der Waals surface area (Å²) in [6, 6.07) is 11.5. The number of halogens is 3. The van der Waals surface area contributed by atoms with E-state index in [4.69, 9.17) is 4.84 Å². The van der Waals surface area contributed by atoms with Gasteiger partial charge in [0.2, 0.25) is 10.0 Å². The Morgan fingerprint density at radius 1 is 1.00 bits per heavy atom. The molecule has 0 saturated carbocycles. The van der Waals surface area contributed by atoms with E-state index in [0.29, 0.717) is 24.9 Å². The lowest BCUT2D eigenvalue weighted by molar-refractivity contribution is -0.138. The minimum atomic E-state index is -4.63. The standard InChI is InChI=1S/C22H22F3N3O4S/c23-22(24,25)18-6-3-7-20(12-18)33(30,31)28-10-8-19(9-11-28)26-32-15-21(29)27-13-16-4-1-2-5-17(16)14-27/h1-7,12H,8-11,13-15H2. The molecule has 1 fully saturated rings. The molecule has 7 nitrogen and oxygen atoms in total. The monoisotopic (exact) mass is 481 g/mol. The van der Waals surface area contributed by atoms with Gasteiger partial charge in [0.1, 0.15) is 0 Å². The van der Waals surface area contributed by atoms with Gasteiger partial charge in [0.05, 0.1) is 16.2 Å². The van der Waals surface area contributed by atoms with Crippen LogP contribution in [0.3, 0.4) is 0 Å². The summed E-state index contributed by atoms with van der Waals surface area (Å²) in [5, 5.41) is 3.98. The first-order chi connectivity index (χ1) is 15.6. The Morgan fingerprint density at radius 2 is 1.64 bits per heavy atom. The largest absolute Gasteiger partial charge is 0.416 e. The van der Waals surface area contributed by atoms with Crippen LogP contribution in [0, 0.1) is 0 Å². The highest BCUT2D eigenvalue weighted by Crippen LogP contribution is 2.31. The number of amides is 1. The molecule has 11 heteroatoms. The minimum Gasteiger partial charge on any atom is -0.386 e. The number of sulfonamides is 1. The van der Waals surface area contributed by atoms with E-state index in [-0.39, 0.29) is 38.4 Å². The number of hydrogen-bond donors (Lipinski definition) is 0. The fraction of sp³-hybridized carbons (Fsp3) is 0.364. The summed E-state index contributed by atoms with van der Waals surface area (Å²) in [5.41, 5.74) is 1.79. The molecule has 0 atom stereocenters. The fourth-order valence-electron chi connectivity index (χ4n) is 3.84. The summed E-state index contributed by atoms with van der Waals surface area (Å²) in [5.74, 6) is -0.194. The van der Waals surface area contributed by atoms with Crippen LogP contribution in [0.25, 0.3) is 0 Å². The van der Waals surface area contributed by atoms with Gasteiger partial charge in [0.25, 0.3) is 5.91 Å². The molecular formula is C22H22F3N3O4S. The van der Waals surface area contributed by atoms with Crippen LogP contribution < -0.4 is 0 Å². The summed E-state index contributed by atoms with van der Waals surface area (Å²) in [4.78, 5) is 18.8. The molecule has 0 unspecified atom stereocenters. The Kier molecular flexibility index (Phi) is 6.44. The molecule has 2 aliphatic rings. The molecule has 2 aromatic rings. The summed E-state index contributed by atoms with van der Waals surface area (Å²) in [6.45, 7) is 0.963. The van der Waals surface area contributed by atoms with Crippen molar-refractivity contribution in [2.24, 2.45) is 5.16 Å². The van der Waals surface area contributed by atoms with E-state index in [1.165, 1.54) is 0 Å². The summed E-state index contributed by atoms with van der Waals surface area (Å²) < 4.78 is 65.4. The molecule has 33 heavy (non-hydrogen) atoms. The van der Waals surface area contributed by atoms with Crippen LogP contribution in [0.4, 0.5) is 13.2 Å². The molecule has 2 aromatic carbocycles. The highest BCUT2D eigenvalue weighted by Gasteiger charge is 2.34. The Balaban J connectivity index is 1.29. The highest BCUT2D eigenvalue weighted by atomic mass is 32.2. The van der Waals surface area contributed by atoms with Crippen molar-refractivity contribution in [3.8, 4) is 0 Å². The first kappa shape index (κ1) is 23.2. The number of carbonyl (C=O) groups excluding carboxylic acids is 1. The van der Waals surface area contributed by atoms with Crippen molar-refractivity contribution in [3.63, 3.8) is 0 Å². The molecule has 0 aliphatic carbocycles. The van der Waals surface area contributed by atoms with E-state index in [1.807, 2.05) is 24.3 Å². The third-order valence-electron chi connectivity index (χ3n) is 5.67. The normalized spacial score (nSPS) is 17.1. The zero-order valence-electron chi connectivity index (χ0n) is 17.6. The van der Waals surface area contributed by atoms with Crippen molar-refractivity contribution < 1.29 is 31.2 Å². The van der Waals surface area contributed by atoms with Gasteiger partial charge < -0.3 is 9.74 Å². The summed E-state index contributed by atoms with van der Waals surface area (Å²) >= 11 is 0. The van der Waals surface area contributed by atoms with Crippen LogP contribution in [0.1, 0.15) is 29.5 Å². The maximum absolute atomic E-state index is 12.9. The number of oxime groups is 1. The molecule has 2 aliphatic heterocycles. The summed E-state index contributed by atoms with van der Waals surface area (Å²) in [6.07, 6.45) is -4.09. The van der Waals surface area contributed by atoms with E-state index >= 15 is 0 Å². The Hall–Kier alpha value is -2.92. The number of fused-ring (bicyclic) bond motifs is 1. The van der Waals surface area contributed by atoms with Crippen LogP contribution in [0.15, 0.2) is 58.6 Å². The molecule has 0 spiro atoms. The minimum absolute atomic E-state index is 0.0656. The first-order valence-electron chi connectivity index (χ1n) is 10.3. The molecular weight excluding hydrogens is 459 g/mol. The molecule has 1 saturated heterocycles. The predicted molar refractivity (Wildman–Crippen MR) is 114 cm³/mol. The van der Waals surface area contributed by atoms with E-state index < -0.39 is 26.7 Å². The lowest BCUT2D eigenvalue weighted by Gasteiger charge is -2.27. The Labute approximate surface area is 189 Å². The predicted octanol–water partition coefficient (Wildman–Crippen LogP) is 3.40. The lowest BCUT2D eigenvalue weighted by Crippen LogP contribution is -2.38. The molecule has 0 bridgehead atoms. The molecule has 4 rings (SSSR count). The molecule has 2 heterocycles. The van der Waals surface area contributed by atoms with Crippen molar-refractivity contribution in [1.29, 1.82) is 0 Å². The molecule has 0 N–H and O–H groups in total. The van der Waals surface area contributed by atoms with Crippen LogP contribution in [-0.4, -0.2) is 48.9 Å². The van der Waals surface area contributed by atoms with Gasteiger partial charge in [-0.25, -0.2) is 8.42 Å². The van der Waals surface area contributed by atoms with E-state index in [2.05, 4.69) is 5.16 Å². The smallest absolute Gasteiger partial charge is 0.386 e. The van der Waals surface area contributed by atoms with E-state index in [9.17, 15) is 26.4 Å². The van der Waals surface area contributed by atoms with Crippen molar-refractivity contribution in [3.05, 3.63) is 65.2 Å². The molecule has 1 amide bonds. The second-order valence-electron chi connectivity index (χ2n) is 7.88. The Bertz CT molecular complexity index is 1150. The van der Waals surface area contributed by atoms with Crippen molar-refractivity contribution in [1.82, 2.24) is 9.21 Å². The average Bonchev–Trinajstić information content (AvgIpc) is 3.23. The fourth-order valence-corrected chi connectivity index (χ4v) is 5.33. The quantitative estimate of drug-likeness (QED) is 0.614. The van der Waals surface area contributed by atoms with Gasteiger partial charge in [0.15, 0.2) is 6.61 Å². The van der Waals surface area contributed by atoms with Crippen LogP contribution in [0.2, 0.25) is 0 Å². The van der Waals surface area contributed by atoms with Gasteiger partial charge in [-0.1, -0.05) is 35.5 Å². The number of nitrogens with zero attached hydrogens (tertiary/aromatic N) is 3. The number of carbonyl (C=O) groups is 1. The second kappa shape index (κ2) is 9.14. The first-order valence-corrected chi connectivity index (χ1v) is 11.8. The number of alkyl halides is 3. The van der Waals surface area contributed by atoms with Crippen molar-refractivity contribution in [2.75, 3.05) is 19.7 Å². The zero-order valence-corrected chi connectivity index (χ0v) is 18.4. The Morgan fingerprint density at radius 3 is 2.24 bits per heavy atom. The van der Waals surface area contributed by atoms with Gasteiger partial charge in [-0.3, -0.25) is 4.79 Å². The van der Waals surface area contributed by atoms with E-state index in [1.54, 1.807) is 4.90 Å². The van der Waals surface area contributed by atoms with Gasteiger partial charge >= 0.3 is 6.18 Å². The van der Waals surface area contributed by atoms with Gasteiger partial charge in [-0.2, -0.15) is 17.5 Å². The van der Waals surface area contributed by atoms with Crippen LogP contribution >= 0.6 is 0 Å². The SMILES string of the molecule is O=C(CON=C1CCN(S(=O)(=O)c2cccc(C(F)(F)F)c2)CC1)N1Cc2ccccc2C1. The van der Waals surface area contributed by atoms with Crippen LogP contribution in [0.5, 0.6) is 0 Å². The zero-order chi connectivity index (χ0) is 23.6. The van der Waals surface area contributed by atoms with E-state index in [0.717, 1.165) is 33.6 Å².